The highest BCUT2D eigenvalue weighted by Gasteiger charge is 2.23. The van der Waals surface area contributed by atoms with Crippen molar-refractivity contribution in [3.05, 3.63) is 125 Å². The van der Waals surface area contributed by atoms with Crippen molar-refractivity contribution in [2.45, 2.75) is 0 Å². The molecular formula is C33H19Cl2N5. The van der Waals surface area contributed by atoms with Crippen molar-refractivity contribution in [1.82, 2.24) is 24.1 Å². The van der Waals surface area contributed by atoms with Gasteiger partial charge in [-0.1, -0.05) is 78.6 Å². The lowest BCUT2D eigenvalue weighted by atomic mass is 10.1. The molecule has 8 rings (SSSR count). The lowest BCUT2D eigenvalue weighted by molar-refractivity contribution is 1.04. The fraction of sp³-hybridized carbons (Fsp3) is 0. The molecule has 0 unspecified atom stereocenters. The Morgan fingerprint density at radius 2 is 0.850 bits per heavy atom. The van der Waals surface area contributed by atoms with Gasteiger partial charge in [0, 0.05) is 21.5 Å². The second-order valence-corrected chi connectivity index (χ2v) is 9.11. The topological polar surface area (TPSA) is 48.5 Å². The first kappa shape index (κ1) is 12.2. The minimum atomic E-state index is -0.694. The molecule has 0 bridgehead atoms. The molecule has 0 saturated carbocycles. The van der Waals surface area contributed by atoms with Crippen LogP contribution in [0.15, 0.2) is 115 Å². The lowest BCUT2D eigenvalue weighted by Crippen LogP contribution is -2.06. The van der Waals surface area contributed by atoms with Crippen molar-refractivity contribution in [3.63, 3.8) is 0 Å². The van der Waals surface area contributed by atoms with E-state index < -0.39 is 107 Å². The highest BCUT2D eigenvalue weighted by Crippen LogP contribution is 2.41. The molecule has 190 valence electrons. The number of para-hydroxylation sites is 4. The molecule has 0 fully saturated rings. The SMILES string of the molecule is [2H]c1c([2H])c([2H])c2c(c1[2H])c1c([2H])c([2H])c([2H])c([2H])c1n2-c1cccc(-n2c3c([2H])c([2H])c([2H])c([2H])c3c3c([2H])c([2H])c([2H])c([2H])c32)c1-c1nc(Cl)nc(Cl)n1. The minimum absolute atomic E-state index is 0.118. The van der Waals surface area contributed by atoms with Crippen LogP contribution in [0.5, 0.6) is 0 Å². The van der Waals surface area contributed by atoms with E-state index in [9.17, 15) is 0 Å². The van der Waals surface area contributed by atoms with E-state index in [-0.39, 0.29) is 66.4 Å². The molecule has 0 saturated heterocycles. The molecule has 0 amide bonds. The van der Waals surface area contributed by atoms with Crippen molar-refractivity contribution < 1.29 is 21.9 Å². The molecule has 0 aliphatic heterocycles. The zero-order valence-electron chi connectivity index (χ0n) is 35.7. The third-order valence-corrected chi connectivity index (χ3v) is 6.71. The monoisotopic (exact) mass is 571 g/mol. The molecule has 0 aliphatic carbocycles. The largest absolute Gasteiger partial charge is 0.308 e. The van der Waals surface area contributed by atoms with E-state index >= 15 is 0 Å². The van der Waals surface area contributed by atoms with Gasteiger partial charge in [0.1, 0.15) is 0 Å². The molecule has 5 aromatic carbocycles. The molecule has 0 N–H and O–H groups in total. The molecule has 40 heavy (non-hydrogen) atoms. The van der Waals surface area contributed by atoms with E-state index in [1.807, 2.05) is 0 Å². The fourth-order valence-electron chi connectivity index (χ4n) is 4.89. The van der Waals surface area contributed by atoms with Crippen LogP contribution in [0.25, 0.3) is 66.4 Å². The Kier molecular flexibility index (Phi) is 2.72. The van der Waals surface area contributed by atoms with Crippen molar-refractivity contribution in [3.8, 4) is 22.8 Å². The Hall–Kier alpha value is -4.71. The van der Waals surface area contributed by atoms with Crippen LogP contribution in [0.4, 0.5) is 0 Å². The Morgan fingerprint density at radius 3 is 1.23 bits per heavy atom. The van der Waals surface area contributed by atoms with Gasteiger partial charge in [-0.05, 0) is 59.5 Å². The summed E-state index contributed by atoms with van der Waals surface area (Å²) in [4.78, 5) is 12.4. The number of hydrogen-bond acceptors (Lipinski definition) is 3. The summed E-state index contributed by atoms with van der Waals surface area (Å²) in [7, 11) is 0. The first-order valence-corrected chi connectivity index (χ1v) is 12.3. The van der Waals surface area contributed by atoms with E-state index in [0.717, 1.165) is 0 Å². The van der Waals surface area contributed by atoms with Crippen molar-refractivity contribution in [2.24, 2.45) is 0 Å². The number of hydrogen-bond donors (Lipinski definition) is 0. The van der Waals surface area contributed by atoms with Gasteiger partial charge in [-0.15, -0.1) is 0 Å². The zero-order chi connectivity index (χ0) is 40.7. The molecule has 7 heteroatoms. The number of rotatable bonds is 3. The standard InChI is InChI=1S/C33H19Cl2N5/c34-32-36-31(37-33(35)38-32)30-28(39-24-14-5-1-10-20(24)21-11-2-6-15-25(21)39)18-9-19-29(30)40-26-16-7-3-12-22(26)23-13-4-8-17-27(23)40/h1-19H/i1D,2D,3D,4D,5D,6D,7D,8D,10D,11D,12D,13D,14D,15D,16D,17D. The van der Waals surface area contributed by atoms with E-state index in [1.54, 1.807) is 0 Å². The van der Waals surface area contributed by atoms with Crippen molar-refractivity contribution in [1.29, 1.82) is 0 Å². The number of nitrogens with zero attached hydrogens (tertiary/aromatic N) is 5. The Morgan fingerprint density at radius 1 is 0.500 bits per heavy atom. The van der Waals surface area contributed by atoms with Crippen LogP contribution in [0, 0.1) is 0 Å². The van der Waals surface area contributed by atoms with Gasteiger partial charge < -0.3 is 9.13 Å². The average Bonchev–Trinajstić information content (AvgIpc) is 3.72. The van der Waals surface area contributed by atoms with Crippen LogP contribution in [-0.2, 0) is 0 Å². The van der Waals surface area contributed by atoms with Crippen molar-refractivity contribution >= 4 is 66.8 Å². The van der Waals surface area contributed by atoms with Crippen LogP contribution in [0.2, 0.25) is 10.6 Å². The van der Waals surface area contributed by atoms with Gasteiger partial charge in [0.2, 0.25) is 10.6 Å². The van der Waals surface area contributed by atoms with Gasteiger partial charge in [0.25, 0.3) is 0 Å². The number of halogens is 2. The first-order chi connectivity index (χ1) is 26.3. The molecule has 3 heterocycles. The molecule has 5 nitrogen and oxygen atoms in total. The molecular weight excluding hydrogens is 537 g/mol. The van der Waals surface area contributed by atoms with Crippen molar-refractivity contribution in [2.75, 3.05) is 0 Å². The summed E-state index contributed by atoms with van der Waals surface area (Å²) >= 11 is 12.6. The smallest absolute Gasteiger partial charge is 0.227 e. The van der Waals surface area contributed by atoms with E-state index in [1.165, 1.54) is 27.3 Å². The zero-order valence-corrected chi connectivity index (χ0v) is 21.2. The maximum absolute atomic E-state index is 9.05. The Balaban J connectivity index is 1.72. The fourth-order valence-corrected chi connectivity index (χ4v) is 5.25. The maximum atomic E-state index is 9.05. The number of aromatic nitrogens is 5. The van der Waals surface area contributed by atoms with Crippen LogP contribution in [0.1, 0.15) is 21.9 Å². The highest BCUT2D eigenvalue weighted by molar-refractivity contribution is 6.31. The number of benzene rings is 5. The summed E-state index contributed by atoms with van der Waals surface area (Å²) in [6, 6.07) is -6.16. The second kappa shape index (κ2) is 8.91. The summed E-state index contributed by atoms with van der Waals surface area (Å²) in [6.45, 7) is 0. The summed E-state index contributed by atoms with van der Waals surface area (Å²) in [5.74, 6) is -0.339. The predicted octanol–water partition coefficient (Wildman–Crippen LogP) is 9.04. The number of fused-ring (bicyclic) bond motifs is 6. The molecule has 3 aromatic heterocycles. The molecule has 0 radical (unpaired) electrons. The molecule has 0 aliphatic rings. The van der Waals surface area contributed by atoms with Gasteiger partial charge in [-0.25, -0.2) is 0 Å². The van der Waals surface area contributed by atoms with Crippen LogP contribution >= 0.6 is 23.2 Å². The average molecular weight is 573 g/mol. The van der Waals surface area contributed by atoms with Gasteiger partial charge in [0.15, 0.2) is 5.82 Å². The molecule has 0 spiro atoms. The van der Waals surface area contributed by atoms with Gasteiger partial charge >= 0.3 is 0 Å². The minimum Gasteiger partial charge on any atom is -0.308 e. The second-order valence-electron chi connectivity index (χ2n) is 8.43. The summed E-state index contributed by atoms with van der Waals surface area (Å²) in [6.07, 6.45) is 0. The summed E-state index contributed by atoms with van der Waals surface area (Å²) < 4.78 is 142. The third kappa shape index (κ3) is 3.38. The Labute approximate surface area is 261 Å². The van der Waals surface area contributed by atoms with Gasteiger partial charge in [0.05, 0.1) is 60.9 Å². The van der Waals surface area contributed by atoms with Crippen LogP contribution < -0.4 is 0 Å². The summed E-state index contributed by atoms with van der Waals surface area (Å²) in [5.41, 5.74) is -1.54. The van der Waals surface area contributed by atoms with E-state index in [2.05, 4.69) is 15.0 Å². The predicted molar refractivity (Wildman–Crippen MR) is 164 cm³/mol. The molecule has 8 aromatic rings. The third-order valence-electron chi connectivity index (χ3n) is 6.37. The molecule has 0 atom stereocenters. The van der Waals surface area contributed by atoms with Crippen LogP contribution in [-0.4, -0.2) is 24.1 Å². The van der Waals surface area contributed by atoms with Gasteiger partial charge in [-0.3, -0.25) is 0 Å². The van der Waals surface area contributed by atoms with E-state index in [4.69, 9.17) is 45.1 Å². The lowest BCUT2D eigenvalue weighted by Gasteiger charge is -2.19. The first-order valence-electron chi connectivity index (χ1n) is 19.6. The van der Waals surface area contributed by atoms with Crippen LogP contribution in [0.3, 0.4) is 0 Å². The highest BCUT2D eigenvalue weighted by atomic mass is 35.5. The quantitative estimate of drug-likeness (QED) is 0.212. The normalized spacial score (nSPS) is 17.4. The maximum Gasteiger partial charge on any atom is 0.227 e. The summed E-state index contributed by atoms with van der Waals surface area (Å²) in [5, 5.41) is -1.86. The Bertz CT molecular complexity index is 2790. The van der Waals surface area contributed by atoms with Gasteiger partial charge in [-0.2, -0.15) is 15.0 Å². The van der Waals surface area contributed by atoms with E-state index in [0.29, 0.717) is 0 Å².